The molecule has 1 atom stereocenters. The number of piperidine rings is 1. The van der Waals surface area contributed by atoms with E-state index in [9.17, 15) is 9.59 Å². The number of aromatic nitrogens is 2. The zero-order valence-corrected chi connectivity index (χ0v) is 15.0. The number of H-pyrrole nitrogens is 1. The lowest BCUT2D eigenvalue weighted by molar-refractivity contribution is 0.170. The molecule has 1 saturated heterocycles. The SMILES string of the molecule is O=C(NCC1CC=CCC1)N1CCC(n2c(=O)[nH]c3ccccc32)CC1. The molecule has 2 aromatic rings. The van der Waals surface area contributed by atoms with Crippen molar-refractivity contribution < 1.29 is 4.79 Å². The van der Waals surface area contributed by atoms with Crippen molar-refractivity contribution in [3.8, 4) is 0 Å². The second kappa shape index (κ2) is 7.40. The number of allylic oxidation sites excluding steroid dienone is 2. The molecule has 1 aromatic heterocycles. The molecule has 2 amide bonds. The highest BCUT2D eigenvalue weighted by Crippen LogP contribution is 2.25. The fraction of sp³-hybridized carbons (Fsp3) is 0.500. The van der Waals surface area contributed by atoms with Crippen LogP contribution in [0, 0.1) is 5.92 Å². The minimum Gasteiger partial charge on any atom is -0.338 e. The summed E-state index contributed by atoms with van der Waals surface area (Å²) in [5, 5.41) is 3.09. The van der Waals surface area contributed by atoms with Gasteiger partial charge in [0.1, 0.15) is 0 Å². The fourth-order valence-corrected chi connectivity index (χ4v) is 4.15. The van der Waals surface area contributed by atoms with Crippen LogP contribution in [0.15, 0.2) is 41.2 Å². The quantitative estimate of drug-likeness (QED) is 0.832. The summed E-state index contributed by atoms with van der Waals surface area (Å²) >= 11 is 0. The number of carbonyl (C=O) groups is 1. The van der Waals surface area contributed by atoms with E-state index in [1.807, 2.05) is 33.7 Å². The van der Waals surface area contributed by atoms with Crippen molar-refractivity contribution >= 4 is 17.1 Å². The maximum Gasteiger partial charge on any atom is 0.326 e. The molecule has 6 nitrogen and oxygen atoms in total. The molecule has 1 unspecified atom stereocenters. The molecular formula is C20H26N4O2. The number of carbonyl (C=O) groups excluding carboxylic acids is 1. The monoisotopic (exact) mass is 354 g/mol. The van der Waals surface area contributed by atoms with Crippen LogP contribution in [-0.2, 0) is 0 Å². The minimum atomic E-state index is -0.0561. The molecule has 1 aromatic carbocycles. The molecule has 2 aliphatic rings. The Morgan fingerprint density at radius 2 is 1.96 bits per heavy atom. The summed E-state index contributed by atoms with van der Waals surface area (Å²) in [4.78, 5) is 29.6. The fourth-order valence-electron chi connectivity index (χ4n) is 4.15. The van der Waals surface area contributed by atoms with E-state index in [0.29, 0.717) is 19.0 Å². The molecule has 1 fully saturated rings. The summed E-state index contributed by atoms with van der Waals surface area (Å²) in [5.41, 5.74) is 1.77. The van der Waals surface area contributed by atoms with Crippen LogP contribution in [0.5, 0.6) is 0 Å². The molecule has 6 heteroatoms. The zero-order valence-electron chi connectivity index (χ0n) is 15.0. The Labute approximate surface area is 152 Å². The van der Waals surface area contributed by atoms with Crippen molar-refractivity contribution in [2.75, 3.05) is 19.6 Å². The van der Waals surface area contributed by atoms with Gasteiger partial charge in [-0.25, -0.2) is 9.59 Å². The van der Waals surface area contributed by atoms with E-state index in [4.69, 9.17) is 0 Å². The summed E-state index contributed by atoms with van der Waals surface area (Å²) in [7, 11) is 0. The number of likely N-dealkylation sites (tertiary alicyclic amines) is 1. The summed E-state index contributed by atoms with van der Waals surface area (Å²) < 4.78 is 1.86. The van der Waals surface area contributed by atoms with Crippen molar-refractivity contribution in [2.24, 2.45) is 5.92 Å². The molecule has 0 spiro atoms. The third-order valence-electron chi connectivity index (χ3n) is 5.66. The van der Waals surface area contributed by atoms with E-state index in [-0.39, 0.29) is 17.8 Å². The number of imidazole rings is 1. The number of para-hydroxylation sites is 2. The Morgan fingerprint density at radius 3 is 2.73 bits per heavy atom. The van der Waals surface area contributed by atoms with Gasteiger partial charge in [0.05, 0.1) is 11.0 Å². The molecule has 0 bridgehead atoms. The first-order chi connectivity index (χ1) is 12.7. The smallest absolute Gasteiger partial charge is 0.326 e. The van der Waals surface area contributed by atoms with Gasteiger partial charge in [0.15, 0.2) is 0 Å². The number of nitrogens with one attached hydrogen (secondary N) is 2. The van der Waals surface area contributed by atoms with Crippen LogP contribution in [0.2, 0.25) is 0 Å². The molecule has 1 aliphatic heterocycles. The van der Waals surface area contributed by atoms with Gasteiger partial charge in [-0.15, -0.1) is 0 Å². The molecule has 26 heavy (non-hydrogen) atoms. The summed E-state index contributed by atoms with van der Waals surface area (Å²) in [6.07, 6.45) is 9.38. The van der Waals surface area contributed by atoms with Gasteiger partial charge < -0.3 is 15.2 Å². The first-order valence-corrected chi connectivity index (χ1v) is 9.59. The van der Waals surface area contributed by atoms with Gasteiger partial charge in [-0.05, 0) is 50.2 Å². The number of nitrogens with zero attached hydrogens (tertiary/aromatic N) is 2. The summed E-state index contributed by atoms with van der Waals surface area (Å²) in [6, 6.07) is 7.96. The molecule has 4 rings (SSSR count). The lowest BCUT2D eigenvalue weighted by Crippen LogP contribution is -2.46. The Balaban J connectivity index is 1.35. The number of rotatable bonds is 3. The second-order valence-corrected chi connectivity index (χ2v) is 7.37. The molecule has 138 valence electrons. The molecule has 0 saturated carbocycles. The molecule has 2 heterocycles. The van der Waals surface area contributed by atoms with Crippen molar-refractivity contribution in [1.29, 1.82) is 0 Å². The number of hydrogen-bond acceptors (Lipinski definition) is 2. The van der Waals surface area contributed by atoms with E-state index in [0.717, 1.165) is 49.7 Å². The van der Waals surface area contributed by atoms with Crippen LogP contribution < -0.4 is 11.0 Å². The highest BCUT2D eigenvalue weighted by Gasteiger charge is 2.26. The van der Waals surface area contributed by atoms with Crippen molar-refractivity contribution in [3.63, 3.8) is 0 Å². The number of benzene rings is 1. The van der Waals surface area contributed by atoms with E-state index in [1.54, 1.807) is 0 Å². The molecular weight excluding hydrogens is 328 g/mol. The van der Waals surface area contributed by atoms with E-state index in [1.165, 1.54) is 0 Å². The maximum atomic E-state index is 12.4. The largest absolute Gasteiger partial charge is 0.338 e. The van der Waals surface area contributed by atoms with Gasteiger partial charge in [0.25, 0.3) is 0 Å². The lowest BCUT2D eigenvalue weighted by atomic mass is 9.94. The highest BCUT2D eigenvalue weighted by atomic mass is 16.2. The second-order valence-electron chi connectivity index (χ2n) is 7.37. The predicted octanol–water partition coefficient (Wildman–Crippen LogP) is 3.03. The van der Waals surface area contributed by atoms with Crippen molar-refractivity contribution in [1.82, 2.24) is 19.8 Å². The van der Waals surface area contributed by atoms with Crippen LogP contribution in [0.25, 0.3) is 11.0 Å². The number of aromatic amines is 1. The number of hydrogen-bond donors (Lipinski definition) is 2. The van der Waals surface area contributed by atoms with E-state index in [2.05, 4.69) is 22.5 Å². The van der Waals surface area contributed by atoms with Crippen LogP contribution in [0.1, 0.15) is 38.1 Å². The number of fused-ring (bicyclic) bond motifs is 1. The minimum absolute atomic E-state index is 0.0317. The first kappa shape index (κ1) is 16.9. The Hall–Kier alpha value is -2.50. The van der Waals surface area contributed by atoms with Crippen LogP contribution in [0.3, 0.4) is 0 Å². The molecule has 1 aliphatic carbocycles. The van der Waals surface area contributed by atoms with Crippen molar-refractivity contribution in [3.05, 3.63) is 46.9 Å². The summed E-state index contributed by atoms with van der Waals surface area (Å²) in [5.74, 6) is 0.561. The van der Waals surface area contributed by atoms with E-state index < -0.39 is 0 Å². The predicted molar refractivity (Wildman–Crippen MR) is 102 cm³/mol. The van der Waals surface area contributed by atoms with Gasteiger partial charge in [0, 0.05) is 25.7 Å². The number of amides is 2. The van der Waals surface area contributed by atoms with Crippen LogP contribution >= 0.6 is 0 Å². The van der Waals surface area contributed by atoms with Gasteiger partial charge in [0.2, 0.25) is 0 Å². The molecule has 0 radical (unpaired) electrons. The van der Waals surface area contributed by atoms with Crippen molar-refractivity contribution in [2.45, 2.75) is 38.1 Å². The third kappa shape index (κ3) is 3.41. The number of urea groups is 1. The Morgan fingerprint density at radius 1 is 1.15 bits per heavy atom. The lowest BCUT2D eigenvalue weighted by Gasteiger charge is -2.33. The Kier molecular flexibility index (Phi) is 4.82. The zero-order chi connectivity index (χ0) is 17.9. The van der Waals surface area contributed by atoms with Gasteiger partial charge in [-0.2, -0.15) is 0 Å². The maximum absolute atomic E-state index is 12.4. The third-order valence-corrected chi connectivity index (χ3v) is 5.66. The normalized spacial score (nSPS) is 21.2. The average molecular weight is 354 g/mol. The average Bonchev–Trinajstić information content (AvgIpc) is 3.03. The van der Waals surface area contributed by atoms with Crippen LogP contribution in [-0.4, -0.2) is 40.1 Å². The summed E-state index contributed by atoms with van der Waals surface area (Å²) in [6.45, 7) is 2.13. The highest BCUT2D eigenvalue weighted by molar-refractivity contribution is 5.75. The van der Waals surface area contributed by atoms with Crippen LogP contribution in [0.4, 0.5) is 4.79 Å². The topological polar surface area (TPSA) is 70.1 Å². The van der Waals surface area contributed by atoms with Gasteiger partial charge >= 0.3 is 11.7 Å². The van der Waals surface area contributed by atoms with Gasteiger partial charge in [-0.3, -0.25) is 4.57 Å². The first-order valence-electron chi connectivity index (χ1n) is 9.59. The molecule has 2 N–H and O–H groups in total. The standard InChI is InChI=1S/C20H26N4O2/c25-19(21-14-15-6-2-1-3-7-15)23-12-10-16(11-13-23)24-18-9-5-4-8-17(18)22-20(24)26/h1-2,4-5,8-9,15-16H,3,6-7,10-14H2,(H,21,25)(H,22,26). The van der Waals surface area contributed by atoms with Gasteiger partial charge in [-0.1, -0.05) is 24.3 Å². The van der Waals surface area contributed by atoms with E-state index >= 15 is 0 Å². The Bertz CT molecular complexity index is 858.